The first-order valence-electron chi connectivity index (χ1n) is 5.77. The van der Waals surface area contributed by atoms with Gasteiger partial charge in [0.25, 0.3) is 5.91 Å². The summed E-state index contributed by atoms with van der Waals surface area (Å²) in [5.74, 6) is 0.362. The number of hydrogen-bond donors (Lipinski definition) is 0. The van der Waals surface area contributed by atoms with Gasteiger partial charge in [-0.05, 0) is 11.4 Å². The molecule has 1 amide bonds. The van der Waals surface area contributed by atoms with Gasteiger partial charge in [0, 0.05) is 25.0 Å². The quantitative estimate of drug-likeness (QED) is 0.744. The largest absolute Gasteiger partial charge is 0.303 e. The molecule has 102 valence electrons. The fourth-order valence-electron chi connectivity index (χ4n) is 1.73. The number of rotatable bonds is 3. The first-order valence-corrected chi connectivity index (χ1v) is 7.53. The van der Waals surface area contributed by atoms with Crippen molar-refractivity contribution in [2.24, 2.45) is 7.05 Å². The van der Waals surface area contributed by atoms with E-state index in [9.17, 15) is 4.79 Å². The van der Waals surface area contributed by atoms with Gasteiger partial charge >= 0.3 is 0 Å². The maximum absolute atomic E-state index is 12.4. The number of amides is 1. The van der Waals surface area contributed by atoms with Crippen LogP contribution in [0.25, 0.3) is 10.6 Å². The minimum absolute atomic E-state index is 0.139. The predicted molar refractivity (Wildman–Crippen MR) is 79.2 cm³/mol. The van der Waals surface area contributed by atoms with Crippen molar-refractivity contribution in [1.29, 1.82) is 0 Å². The lowest BCUT2D eigenvalue weighted by molar-refractivity contribution is 0.0994. The highest BCUT2D eigenvalue weighted by molar-refractivity contribution is 7.17. The number of carbonyl (C=O) groups excluding carboxylic acids is 1. The Morgan fingerprint density at radius 2 is 2.30 bits per heavy atom. The van der Waals surface area contributed by atoms with E-state index >= 15 is 0 Å². The molecule has 0 unspecified atom stereocenters. The smallest absolute Gasteiger partial charge is 0.272 e. The van der Waals surface area contributed by atoms with Gasteiger partial charge in [0.05, 0.1) is 6.20 Å². The summed E-state index contributed by atoms with van der Waals surface area (Å²) in [6.45, 7) is 0. The maximum atomic E-state index is 12.4. The van der Waals surface area contributed by atoms with E-state index < -0.39 is 0 Å². The summed E-state index contributed by atoms with van der Waals surface area (Å²) in [6, 6.07) is 1.99. The van der Waals surface area contributed by atoms with Gasteiger partial charge in [-0.2, -0.15) is 11.3 Å². The van der Waals surface area contributed by atoms with Crippen LogP contribution in [-0.2, 0) is 7.05 Å². The topological polar surface area (TPSA) is 63.9 Å². The molecule has 0 spiro atoms. The second-order valence-electron chi connectivity index (χ2n) is 4.15. The van der Waals surface area contributed by atoms with Gasteiger partial charge in [0.2, 0.25) is 5.95 Å². The summed E-state index contributed by atoms with van der Waals surface area (Å²) in [7, 11) is 3.47. The Kier molecular flexibility index (Phi) is 3.33. The third kappa shape index (κ3) is 2.23. The van der Waals surface area contributed by atoms with Gasteiger partial charge < -0.3 is 4.57 Å². The lowest BCUT2D eigenvalue weighted by atomic mass is 10.4. The number of thiazole rings is 1. The number of aryl methyl sites for hydroxylation is 1. The molecular formula is C12H11N5OS2. The predicted octanol–water partition coefficient (Wildman–Crippen LogP) is 2.28. The Bertz CT molecular complexity index is 731. The highest BCUT2D eigenvalue weighted by Gasteiger charge is 2.20. The minimum Gasteiger partial charge on any atom is -0.303 e. The number of anilines is 1. The number of aromatic nitrogens is 4. The van der Waals surface area contributed by atoms with E-state index in [1.165, 1.54) is 16.2 Å². The van der Waals surface area contributed by atoms with Gasteiger partial charge in [-0.25, -0.2) is 4.98 Å². The van der Waals surface area contributed by atoms with Crippen molar-refractivity contribution in [2.75, 3.05) is 11.9 Å². The van der Waals surface area contributed by atoms with Crippen molar-refractivity contribution in [3.63, 3.8) is 0 Å². The summed E-state index contributed by atoms with van der Waals surface area (Å²) < 4.78 is 1.69. The molecule has 0 aromatic carbocycles. The Balaban J connectivity index is 1.86. The summed E-state index contributed by atoms with van der Waals surface area (Å²) in [4.78, 5) is 18.7. The lowest BCUT2D eigenvalue weighted by Gasteiger charge is -2.13. The molecule has 0 aliphatic rings. The second kappa shape index (κ2) is 5.14. The van der Waals surface area contributed by atoms with Crippen molar-refractivity contribution in [3.05, 3.63) is 34.2 Å². The molecule has 3 heterocycles. The fourth-order valence-corrected chi connectivity index (χ4v) is 3.33. The number of nitrogens with zero attached hydrogens (tertiary/aromatic N) is 5. The molecule has 0 saturated heterocycles. The van der Waals surface area contributed by atoms with Crippen LogP contribution in [0.5, 0.6) is 0 Å². The molecule has 3 aromatic heterocycles. The van der Waals surface area contributed by atoms with Gasteiger partial charge in [-0.3, -0.25) is 9.69 Å². The number of thiophene rings is 1. The zero-order valence-electron chi connectivity index (χ0n) is 10.8. The highest BCUT2D eigenvalue weighted by atomic mass is 32.1. The van der Waals surface area contributed by atoms with Gasteiger partial charge in [-0.1, -0.05) is 0 Å². The average Bonchev–Trinajstić information content (AvgIpc) is 3.17. The summed E-state index contributed by atoms with van der Waals surface area (Å²) in [5.41, 5.74) is 1.04. The molecule has 0 aliphatic carbocycles. The van der Waals surface area contributed by atoms with E-state index in [4.69, 9.17) is 0 Å². The molecule has 6 nitrogen and oxygen atoms in total. The summed E-state index contributed by atoms with van der Waals surface area (Å²) in [6.07, 6.45) is 3.16. The van der Waals surface area contributed by atoms with Crippen LogP contribution in [0.1, 0.15) is 9.67 Å². The van der Waals surface area contributed by atoms with Crippen LogP contribution >= 0.6 is 22.7 Å². The van der Waals surface area contributed by atoms with Crippen LogP contribution in [0.15, 0.2) is 29.4 Å². The van der Waals surface area contributed by atoms with Crippen molar-refractivity contribution in [3.8, 4) is 10.6 Å². The summed E-state index contributed by atoms with van der Waals surface area (Å²) >= 11 is 2.99. The van der Waals surface area contributed by atoms with Crippen LogP contribution in [0.2, 0.25) is 0 Å². The van der Waals surface area contributed by atoms with E-state index in [-0.39, 0.29) is 5.91 Å². The summed E-state index contributed by atoms with van der Waals surface area (Å²) in [5, 5.41) is 12.5. The maximum Gasteiger partial charge on any atom is 0.272 e. The Morgan fingerprint density at radius 3 is 2.95 bits per heavy atom. The third-order valence-electron chi connectivity index (χ3n) is 2.78. The van der Waals surface area contributed by atoms with Gasteiger partial charge in [0.15, 0.2) is 0 Å². The number of carbonyl (C=O) groups is 1. The van der Waals surface area contributed by atoms with Crippen molar-refractivity contribution < 1.29 is 4.79 Å². The third-order valence-corrected chi connectivity index (χ3v) is 4.49. The molecule has 3 rings (SSSR count). The van der Waals surface area contributed by atoms with Gasteiger partial charge in [0.1, 0.15) is 16.2 Å². The Morgan fingerprint density at radius 1 is 1.45 bits per heavy atom. The minimum atomic E-state index is -0.139. The molecule has 0 atom stereocenters. The molecule has 8 heteroatoms. The normalized spacial score (nSPS) is 10.7. The average molecular weight is 305 g/mol. The number of hydrogen-bond acceptors (Lipinski definition) is 6. The molecule has 20 heavy (non-hydrogen) atoms. The fraction of sp³-hybridized carbons (Fsp3) is 0.167. The molecule has 3 aromatic rings. The molecule has 0 aliphatic heterocycles. The van der Waals surface area contributed by atoms with Crippen molar-refractivity contribution >= 4 is 34.5 Å². The van der Waals surface area contributed by atoms with E-state index in [0.29, 0.717) is 10.8 Å². The van der Waals surface area contributed by atoms with Crippen LogP contribution in [0.3, 0.4) is 0 Å². The molecule has 0 saturated carbocycles. The standard InChI is InChI=1S/C12H11N5OS2/c1-16-7-14-15-12(16)17(2)11(18)9-5-13-10(20-9)8-3-4-19-6-8/h3-7H,1-2H3. The zero-order chi connectivity index (χ0) is 14.1. The van der Waals surface area contributed by atoms with Crippen LogP contribution in [0.4, 0.5) is 5.95 Å². The zero-order valence-corrected chi connectivity index (χ0v) is 12.5. The monoisotopic (exact) mass is 305 g/mol. The van der Waals surface area contributed by atoms with Crippen LogP contribution < -0.4 is 4.90 Å². The highest BCUT2D eigenvalue weighted by Crippen LogP contribution is 2.27. The molecule has 0 fully saturated rings. The lowest BCUT2D eigenvalue weighted by Crippen LogP contribution is -2.27. The van der Waals surface area contributed by atoms with E-state index in [0.717, 1.165) is 10.6 Å². The van der Waals surface area contributed by atoms with Crippen LogP contribution in [-0.4, -0.2) is 32.7 Å². The second-order valence-corrected chi connectivity index (χ2v) is 5.96. The molecule has 0 radical (unpaired) electrons. The van der Waals surface area contributed by atoms with E-state index in [1.54, 1.807) is 42.5 Å². The molecular weight excluding hydrogens is 294 g/mol. The van der Waals surface area contributed by atoms with Gasteiger partial charge in [-0.15, -0.1) is 21.5 Å². The van der Waals surface area contributed by atoms with E-state index in [2.05, 4.69) is 15.2 Å². The first-order chi connectivity index (χ1) is 9.66. The molecule has 0 N–H and O–H groups in total. The Hall–Kier alpha value is -2.06. The Labute approximate surface area is 123 Å². The van der Waals surface area contributed by atoms with Crippen molar-refractivity contribution in [2.45, 2.75) is 0 Å². The SMILES string of the molecule is CN(C(=O)c1cnc(-c2ccsc2)s1)c1nncn1C. The van der Waals surface area contributed by atoms with Crippen molar-refractivity contribution in [1.82, 2.24) is 19.7 Å². The molecule has 0 bridgehead atoms. The van der Waals surface area contributed by atoms with E-state index in [1.807, 2.05) is 16.8 Å². The first kappa shape index (κ1) is 12.9. The van der Waals surface area contributed by atoms with Crippen LogP contribution in [0, 0.1) is 0 Å².